The van der Waals surface area contributed by atoms with Crippen LogP contribution in [0.25, 0.3) is 0 Å². The van der Waals surface area contributed by atoms with Crippen LogP contribution in [0.15, 0.2) is 78.7 Å². The summed E-state index contributed by atoms with van der Waals surface area (Å²) < 4.78 is 5.48. The van der Waals surface area contributed by atoms with Crippen LogP contribution in [-0.4, -0.2) is 18.3 Å². The third kappa shape index (κ3) is 5.04. The van der Waals surface area contributed by atoms with E-state index in [2.05, 4.69) is 18.5 Å². The number of nitrogens with one attached hydrogen (secondary N) is 1. The Balaban J connectivity index is 2.13. The van der Waals surface area contributed by atoms with Gasteiger partial charge in [-0.3, -0.25) is 4.79 Å². The highest BCUT2D eigenvalue weighted by Crippen LogP contribution is 2.24. The van der Waals surface area contributed by atoms with E-state index in [9.17, 15) is 4.79 Å². The smallest absolute Gasteiger partial charge is 0.256 e. The molecule has 0 aromatic heterocycles. The Kier molecular flexibility index (Phi) is 6.51. The fraction of sp³-hybridized carbons (Fsp3) is 0.105. The summed E-state index contributed by atoms with van der Waals surface area (Å²) in [7, 11) is 0. The molecule has 0 unspecified atom stereocenters. The zero-order valence-electron chi connectivity index (χ0n) is 12.8. The second kappa shape index (κ2) is 8.86. The minimum atomic E-state index is -0.141. The zero-order chi connectivity index (χ0) is 16.5. The monoisotopic (exact) mass is 325 g/mol. The first kappa shape index (κ1) is 16.9. The maximum atomic E-state index is 12.5. The molecule has 0 heterocycles. The molecular formula is C19H19NO2S. The van der Waals surface area contributed by atoms with Gasteiger partial charge in [-0.2, -0.15) is 0 Å². The van der Waals surface area contributed by atoms with E-state index in [0.717, 1.165) is 10.6 Å². The van der Waals surface area contributed by atoms with Gasteiger partial charge < -0.3 is 10.1 Å². The lowest BCUT2D eigenvalue weighted by atomic mass is 10.2. The van der Waals surface area contributed by atoms with E-state index in [-0.39, 0.29) is 5.91 Å². The molecule has 118 valence electrons. The van der Waals surface area contributed by atoms with Gasteiger partial charge in [-0.05, 0) is 24.3 Å². The Morgan fingerprint density at radius 1 is 1.13 bits per heavy atom. The van der Waals surface area contributed by atoms with Gasteiger partial charge in [0.1, 0.15) is 12.4 Å². The standard InChI is InChI=1S/C19H19NO2S/c1-3-12-22-16-9-7-8-15(14-16)20-19(21)17-10-5-6-11-18(17)23-13-4-2/h3-11,14H,1-2,12-13H2,(H,20,21). The van der Waals surface area contributed by atoms with E-state index >= 15 is 0 Å². The average molecular weight is 325 g/mol. The minimum absolute atomic E-state index is 0.141. The normalized spacial score (nSPS) is 9.91. The molecule has 2 aromatic rings. The molecule has 2 aromatic carbocycles. The van der Waals surface area contributed by atoms with Gasteiger partial charge in [-0.1, -0.05) is 36.9 Å². The largest absolute Gasteiger partial charge is 0.489 e. The maximum Gasteiger partial charge on any atom is 0.256 e. The maximum absolute atomic E-state index is 12.5. The second-order valence-corrected chi connectivity index (χ2v) is 5.74. The lowest BCUT2D eigenvalue weighted by molar-refractivity contribution is 0.102. The molecular weight excluding hydrogens is 306 g/mol. The molecule has 4 heteroatoms. The van der Waals surface area contributed by atoms with E-state index in [1.165, 1.54) is 0 Å². The van der Waals surface area contributed by atoms with E-state index in [0.29, 0.717) is 23.6 Å². The lowest BCUT2D eigenvalue weighted by Gasteiger charge is -2.10. The number of carbonyl (C=O) groups is 1. The molecule has 0 spiro atoms. The van der Waals surface area contributed by atoms with Crippen molar-refractivity contribution in [2.75, 3.05) is 17.7 Å². The Morgan fingerprint density at radius 3 is 2.74 bits per heavy atom. The molecule has 1 N–H and O–H groups in total. The van der Waals surface area contributed by atoms with Crippen molar-refractivity contribution in [2.24, 2.45) is 0 Å². The third-order valence-electron chi connectivity index (χ3n) is 2.95. The molecule has 0 bridgehead atoms. The molecule has 0 saturated heterocycles. The Bertz CT molecular complexity index is 697. The van der Waals surface area contributed by atoms with Crippen LogP contribution in [0, 0.1) is 0 Å². The molecule has 0 atom stereocenters. The highest BCUT2D eigenvalue weighted by Gasteiger charge is 2.11. The van der Waals surface area contributed by atoms with Crippen LogP contribution in [0.1, 0.15) is 10.4 Å². The summed E-state index contributed by atoms with van der Waals surface area (Å²) >= 11 is 1.59. The Hall–Kier alpha value is -2.46. The van der Waals surface area contributed by atoms with Gasteiger partial charge in [0.2, 0.25) is 0 Å². The molecule has 0 radical (unpaired) electrons. The molecule has 0 aliphatic heterocycles. The first-order valence-electron chi connectivity index (χ1n) is 7.22. The summed E-state index contributed by atoms with van der Waals surface area (Å²) in [6, 6.07) is 14.8. The van der Waals surface area contributed by atoms with Gasteiger partial charge in [0.15, 0.2) is 0 Å². The summed E-state index contributed by atoms with van der Waals surface area (Å²) in [6.45, 7) is 7.76. The van der Waals surface area contributed by atoms with Crippen molar-refractivity contribution < 1.29 is 9.53 Å². The van der Waals surface area contributed by atoms with Crippen LogP contribution in [0.2, 0.25) is 0 Å². The average Bonchev–Trinajstić information content (AvgIpc) is 2.58. The minimum Gasteiger partial charge on any atom is -0.489 e. The Morgan fingerprint density at radius 2 is 1.96 bits per heavy atom. The lowest BCUT2D eigenvalue weighted by Crippen LogP contribution is -2.13. The van der Waals surface area contributed by atoms with Gasteiger partial charge >= 0.3 is 0 Å². The van der Waals surface area contributed by atoms with E-state index in [1.54, 1.807) is 23.9 Å². The van der Waals surface area contributed by atoms with Crippen LogP contribution in [-0.2, 0) is 0 Å². The number of thioether (sulfide) groups is 1. The van der Waals surface area contributed by atoms with E-state index in [1.807, 2.05) is 48.5 Å². The number of hydrogen-bond donors (Lipinski definition) is 1. The first-order valence-corrected chi connectivity index (χ1v) is 8.21. The molecule has 0 aliphatic rings. The number of benzene rings is 2. The summed E-state index contributed by atoms with van der Waals surface area (Å²) in [4.78, 5) is 13.5. The van der Waals surface area contributed by atoms with Crippen molar-refractivity contribution in [1.29, 1.82) is 0 Å². The predicted molar refractivity (Wildman–Crippen MR) is 97.5 cm³/mol. The Labute approximate surface area is 141 Å². The first-order chi connectivity index (χ1) is 11.2. The third-order valence-corrected chi connectivity index (χ3v) is 4.02. The number of hydrogen-bond acceptors (Lipinski definition) is 3. The van der Waals surface area contributed by atoms with Gasteiger partial charge in [0.25, 0.3) is 5.91 Å². The highest BCUT2D eigenvalue weighted by atomic mass is 32.2. The number of amides is 1. The molecule has 1 amide bonds. The number of carbonyl (C=O) groups excluding carboxylic acids is 1. The van der Waals surface area contributed by atoms with Crippen molar-refractivity contribution in [3.63, 3.8) is 0 Å². The van der Waals surface area contributed by atoms with Crippen LogP contribution < -0.4 is 10.1 Å². The van der Waals surface area contributed by atoms with Crippen molar-refractivity contribution in [3.05, 3.63) is 79.4 Å². The summed E-state index contributed by atoms with van der Waals surface area (Å²) in [5.74, 6) is 1.31. The van der Waals surface area contributed by atoms with Crippen molar-refractivity contribution in [3.8, 4) is 5.75 Å². The van der Waals surface area contributed by atoms with Crippen molar-refractivity contribution >= 4 is 23.4 Å². The highest BCUT2D eigenvalue weighted by molar-refractivity contribution is 7.99. The number of rotatable bonds is 8. The van der Waals surface area contributed by atoms with E-state index < -0.39 is 0 Å². The molecule has 23 heavy (non-hydrogen) atoms. The van der Waals surface area contributed by atoms with Gasteiger partial charge in [0.05, 0.1) is 5.56 Å². The topological polar surface area (TPSA) is 38.3 Å². The fourth-order valence-corrected chi connectivity index (χ4v) is 2.73. The summed E-state index contributed by atoms with van der Waals surface area (Å²) in [5.41, 5.74) is 1.34. The van der Waals surface area contributed by atoms with Gasteiger partial charge in [-0.25, -0.2) is 0 Å². The second-order valence-electron chi connectivity index (χ2n) is 4.68. The summed E-state index contributed by atoms with van der Waals surface area (Å²) in [5, 5.41) is 2.91. The molecule has 3 nitrogen and oxygen atoms in total. The predicted octanol–water partition coefficient (Wildman–Crippen LogP) is 4.78. The number of anilines is 1. The zero-order valence-corrected chi connectivity index (χ0v) is 13.6. The SMILES string of the molecule is C=CCOc1cccc(NC(=O)c2ccccc2SCC=C)c1. The van der Waals surface area contributed by atoms with Crippen LogP contribution in [0.5, 0.6) is 5.75 Å². The molecule has 0 saturated carbocycles. The van der Waals surface area contributed by atoms with Gasteiger partial charge in [-0.15, -0.1) is 18.3 Å². The molecule has 0 aliphatic carbocycles. The van der Waals surface area contributed by atoms with Gasteiger partial charge in [0, 0.05) is 22.4 Å². The van der Waals surface area contributed by atoms with Crippen molar-refractivity contribution in [2.45, 2.75) is 4.90 Å². The molecule has 0 fully saturated rings. The van der Waals surface area contributed by atoms with Crippen LogP contribution >= 0.6 is 11.8 Å². The fourth-order valence-electron chi connectivity index (χ4n) is 1.95. The number of ether oxygens (including phenoxy) is 1. The van der Waals surface area contributed by atoms with E-state index in [4.69, 9.17) is 4.74 Å². The van der Waals surface area contributed by atoms with Crippen LogP contribution in [0.3, 0.4) is 0 Å². The molecule has 2 rings (SSSR count). The van der Waals surface area contributed by atoms with Crippen molar-refractivity contribution in [1.82, 2.24) is 0 Å². The quantitative estimate of drug-likeness (QED) is 0.560. The van der Waals surface area contributed by atoms with Crippen LogP contribution in [0.4, 0.5) is 5.69 Å². The summed E-state index contributed by atoms with van der Waals surface area (Å²) in [6.07, 6.45) is 3.50.